The van der Waals surface area contributed by atoms with E-state index in [1.807, 2.05) is 36.4 Å². The Morgan fingerprint density at radius 1 is 0.913 bits per heavy atom. The highest BCUT2D eigenvalue weighted by molar-refractivity contribution is 6.39. The van der Waals surface area contributed by atoms with Gasteiger partial charge in [0, 0.05) is 13.1 Å². The van der Waals surface area contributed by atoms with Crippen molar-refractivity contribution in [1.82, 2.24) is 4.90 Å². The van der Waals surface area contributed by atoms with Gasteiger partial charge in [-0.1, -0.05) is 30.3 Å². The van der Waals surface area contributed by atoms with E-state index in [1.54, 1.807) is 23.1 Å². The highest BCUT2D eigenvalue weighted by Gasteiger charge is 2.25. The van der Waals surface area contributed by atoms with Crippen molar-refractivity contribution in [2.24, 2.45) is 0 Å². The number of anilines is 1. The van der Waals surface area contributed by atoms with Crippen molar-refractivity contribution in [3.05, 3.63) is 54.6 Å². The molecule has 0 aromatic heterocycles. The number of ether oxygens (including phenoxy) is 1. The van der Waals surface area contributed by atoms with E-state index in [1.165, 1.54) is 0 Å². The number of para-hydroxylation sites is 3. The second-order valence-corrected chi connectivity index (χ2v) is 5.36. The SMILES string of the molecule is O=C(Nc1ccccc1Oc1ccccc1)C(=O)N1CCCC1. The van der Waals surface area contributed by atoms with Crippen molar-refractivity contribution >= 4 is 17.5 Å². The first-order valence-electron chi connectivity index (χ1n) is 7.66. The second-order valence-electron chi connectivity index (χ2n) is 5.36. The van der Waals surface area contributed by atoms with Gasteiger partial charge >= 0.3 is 11.8 Å². The van der Waals surface area contributed by atoms with Crippen LogP contribution in [-0.4, -0.2) is 29.8 Å². The molecule has 1 saturated heterocycles. The molecular weight excluding hydrogens is 292 g/mol. The van der Waals surface area contributed by atoms with Gasteiger partial charge in [-0.2, -0.15) is 0 Å². The Hall–Kier alpha value is -2.82. The average Bonchev–Trinajstić information content (AvgIpc) is 3.11. The summed E-state index contributed by atoms with van der Waals surface area (Å²) in [6.45, 7) is 1.29. The Kier molecular flexibility index (Phi) is 4.57. The maximum atomic E-state index is 12.1. The molecule has 1 aliphatic rings. The third-order valence-corrected chi connectivity index (χ3v) is 3.69. The molecule has 5 heteroatoms. The van der Waals surface area contributed by atoms with Crippen LogP contribution in [0.2, 0.25) is 0 Å². The van der Waals surface area contributed by atoms with Gasteiger partial charge in [0.2, 0.25) is 0 Å². The average molecular weight is 310 g/mol. The van der Waals surface area contributed by atoms with Crippen LogP contribution >= 0.6 is 0 Å². The lowest BCUT2D eigenvalue weighted by Gasteiger charge is -2.16. The summed E-state index contributed by atoms with van der Waals surface area (Å²) in [5.41, 5.74) is 0.480. The predicted molar refractivity (Wildman–Crippen MR) is 87.4 cm³/mol. The second kappa shape index (κ2) is 6.96. The van der Waals surface area contributed by atoms with Crippen LogP contribution in [0.15, 0.2) is 54.6 Å². The summed E-state index contributed by atoms with van der Waals surface area (Å²) in [6, 6.07) is 16.4. The fourth-order valence-electron chi connectivity index (χ4n) is 2.51. The van der Waals surface area contributed by atoms with Gasteiger partial charge in [0.15, 0.2) is 5.75 Å². The molecule has 2 aromatic carbocycles. The number of nitrogens with zero attached hydrogens (tertiary/aromatic N) is 1. The third-order valence-electron chi connectivity index (χ3n) is 3.69. The smallest absolute Gasteiger partial charge is 0.314 e. The minimum Gasteiger partial charge on any atom is -0.455 e. The van der Waals surface area contributed by atoms with Gasteiger partial charge in [-0.25, -0.2) is 0 Å². The fraction of sp³-hybridized carbons (Fsp3) is 0.222. The van der Waals surface area contributed by atoms with Crippen LogP contribution in [0.5, 0.6) is 11.5 Å². The molecule has 3 rings (SSSR count). The molecule has 118 valence electrons. The molecule has 0 bridgehead atoms. The lowest BCUT2D eigenvalue weighted by Crippen LogP contribution is -2.37. The molecule has 1 N–H and O–H groups in total. The number of amides is 2. The Labute approximate surface area is 134 Å². The van der Waals surface area contributed by atoms with E-state index in [0.717, 1.165) is 12.8 Å². The van der Waals surface area contributed by atoms with Crippen molar-refractivity contribution in [3.8, 4) is 11.5 Å². The number of benzene rings is 2. The molecule has 0 radical (unpaired) electrons. The Balaban J connectivity index is 1.72. The van der Waals surface area contributed by atoms with E-state index < -0.39 is 11.8 Å². The first-order valence-corrected chi connectivity index (χ1v) is 7.66. The lowest BCUT2D eigenvalue weighted by atomic mass is 10.2. The predicted octanol–water partition coefficient (Wildman–Crippen LogP) is 3.04. The summed E-state index contributed by atoms with van der Waals surface area (Å²) >= 11 is 0. The zero-order valence-corrected chi connectivity index (χ0v) is 12.7. The highest BCUT2D eigenvalue weighted by Crippen LogP contribution is 2.29. The maximum Gasteiger partial charge on any atom is 0.314 e. The van der Waals surface area contributed by atoms with Crippen LogP contribution in [0.4, 0.5) is 5.69 Å². The van der Waals surface area contributed by atoms with Crippen molar-refractivity contribution in [1.29, 1.82) is 0 Å². The lowest BCUT2D eigenvalue weighted by molar-refractivity contribution is -0.142. The number of hydrogen-bond donors (Lipinski definition) is 1. The zero-order chi connectivity index (χ0) is 16.1. The topological polar surface area (TPSA) is 58.6 Å². The Morgan fingerprint density at radius 3 is 2.30 bits per heavy atom. The normalized spacial score (nSPS) is 13.7. The molecule has 1 heterocycles. The van der Waals surface area contributed by atoms with Gasteiger partial charge in [-0.3, -0.25) is 9.59 Å². The van der Waals surface area contributed by atoms with Gasteiger partial charge in [-0.05, 0) is 37.1 Å². The Morgan fingerprint density at radius 2 is 1.57 bits per heavy atom. The van der Waals surface area contributed by atoms with Crippen molar-refractivity contribution in [2.75, 3.05) is 18.4 Å². The summed E-state index contributed by atoms with van der Waals surface area (Å²) < 4.78 is 5.78. The first-order chi connectivity index (χ1) is 11.2. The molecule has 5 nitrogen and oxygen atoms in total. The van der Waals surface area contributed by atoms with E-state index in [0.29, 0.717) is 30.3 Å². The maximum absolute atomic E-state index is 12.1. The van der Waals surface area contributed by atoms with Crippen LogP contribution in [0.3, 0.4) is 0 Å². The van der Waals surface area contributed by atoms with Crippen molar-refractivity contribution < 1.29 is 14.3 Å². The fourth-order valence-corrected chi connectivity index (χ4v) is 2.51. The van der Waals surface area contributed by atoms with Crippen molar-refractivity contribution in [2.45, 2.75) is 12.8 Å². The van der Waals surface area contributed by atoms with Crippen LogP contribution in [0, 0.1) is 0 Å². The summed E-state index contributed by atoms with van der Waals surface area (Å²) in [5, 5.41) is 2.65. The molecule has 0 unspecified atom stereocenters. The summed E-state index contributed by atoms with van der Waals surface area (Å²) in [5.74, 6) is 0.0503. The van der Waals surface area contributed by atoms with Gasteiger partial charge < -0.3 is 15.0 Å². The quantitative estimate of drug-likeness (QED) is 0.887. The molecule has 1 fully saturated rings. The molecule has 0 atom stereocenters. The number of carbonyl (C=O) groups is 2. The van der Waals surface area contributed by atoms with Crippen LogP contribution in [0.1, 0.15) is 12.8 Å². The van der Waals surface area contributed by atoms with Crippen molar-refractivity contribution in [3.63, 3.8) is 0 Å². The molecule has 23 heavy (non-hydrogen) atoms. The van der Waals surface area contributed by atoms with Gasteiger partial charge in [-0.15, -0.1) is 0 Å². The number of nitrogens with one attached hydrogen (secondary N) is 1. The number of likely N-dealkylation sites (tertiary alicyclic amines) is 1. The van der Waals surface area contributed by atoms with Crippen LogP contribution < -0.4 is 10.1 Å². The summed E-state index contributed by atoms with van der Waals surface area (Å²) in [6.07, 6.45) is 1.90. The van der Waals surface area contributed by atoms with Gasteiger partial charge in [0.05, 0.1) is 5.69 Å². The molecule has 0 aliphatic carbocycles. The van der Waals surface area contributed by atoms with E-state index in [2.05, 4.69) is 5.32 Å². The molecule has 0 spiro atoms. The monoisotopic (exact) mass is 310 g/mol. The minimum absolute atomic E-state index is 0.480. The van der Waals surface area contributed by atoms with Crippen LogP contribution in [-0.2, 0) is 9.59 Å². The summed E-state index contributed by atoms with van der Waals surface area (Å²) in [7, 11) is 0. The van der Waals surface area contributed by atoms with E-state index in [-0.39, 0.29) is 0 Å². The van der Waals surface area contributed by atoms with E-state index in [4.69, 9.17) is 4.74 Å². The standard InChI is InChI=1S/C18H18N2O3/c21-17(18(22)20-12-6-7-13-20)19-15-10-4-5-11-16(15)23-14-8-2-1-3-9-14/h1-5,8-11H,6-7,12-13H2,(H,19,21). The Bertz CT molecular complexity index is 694. The van der Waals surface area contributed by atoms with E-state index >= 15 is 0 Å². The number of carbonyl (C=O) groups excluding carboxylic acids is 2. The minimum atomic E-state index is -0.629. The molecule has 0 saturated carbocycles. The van der Waals surface area contributed by atoms with Crippen LogP contribution in [0.25, 0.3) is 0 Å². The molecule has 2 aromatic rings. The largest absolute Gasteiger partial charge is 0.455 e. The number of rotatable bonds is 3. The van der Waals surface area contributed by atoms with Gasteiger partial charge in [0.1, 0.15) is 5.75 Å². The highest BCUT2D eigenvalue weighted by atomic mass is 16.5. The summed E-state index contributed by atoms with van der Waals surface area (Å²) in [4.78, 5) is 25.8. The van der Waals surface area contributed by atoms with Gasteiger partial charge in [0.25, 0.3) is 0 Å². The first kappa shape index (κ1) is 15.1. The number of hydrogen-bond acceptors (Lipinski definition) is 3. The van der Waals surface area contributed by atoms with E-state index in [9.17, 15) is 9.59 Å². The molecule has 1 aliphatic heterocycles. The molecular formula is C18H18N2O3. The third kappa shape index (κ3) is 3.69. The zero-order valence-electron chi connectivity index (χ0n) is 12.7. The molecule has 2 amide bonds.